The largest absolute Gasteiger partial charge is 0.508 e. The van der Waals surface area contributed by atoms with E-state index in [0.717, 1.165) is 22.6 Å². The summed E-state index contributed by atoms with van der Waals surface area (Å²) in [5.74, 6) is -6.59. The third-order valence-corrected chi connectivity index (χ3v) is 11.9. The highest BCUT2D eigenvalue weighted by Gasteiger charge is 2.77. The Morgan fingerprint density at radius 1 is 0.780 bits per heavy atom. The molecule has 1 saturated carbocycles. The number of carbonyl (C=O) groups excluding carboxylic acids is 4. The van der Waals surface area contributed by atoms with Gasteiger partial charge in [0, 0.05) is 17.5 Å². The summed E-state index contributed by atoms with van der Waals surface area (Å²) in [7, 11) is 0. The number of hydrogen-bond donors (Lipinski definition) is 1. The maximum atomic E-state index is 14.6. The summed E-state index contributed by atoms with van der Waals surface area (Å²) in [6, 6.07) is 27.5. The molecule has 0 unspecified atom stereocenters. The number of aromatic hydroxyl groups is 1. The van der Waals surface area contributed by atoms with Gasteiger partial charge in [0.15, 0.2) is 9.75 Å². The number of amides is 4. The lowest BCUT2D eigenvalue weighted by molar-refractivity contribution is -0.125. The molecule has 3 fully saturated rings. The van der Waals surface area contributed by atoms with Gasteiger partial charge in [-0.3, -0.25) is 24.1 Å². The molecule has 4 aromatic rings. The van der Waals surface area contributed by atoms with Crippen LogP contribution in [0.1, 0.15) is 29.9 Å². The van der Waals surface area contributed by atoms with Crippen LogP contribution in [0.4, 0.5) is 15.8 Å². The van der Waals surface area contributed by atoms with Crippen LogP contribution >= 0.6 is 23.2 Å². The highest BCUT2D eigenvalue weighted by molar-refractivity contribution is 6.58. The van der Waals surface area contributed by atoms with Crippen molar-refractivity contribution >= 4 is 58.2 Å². The van der Waals surface area contributed by atoms with Crippen LogP contribution in [0.3, 0.4) is 0 Å². The van der Waals surface area contributed by atoms with Crippen molar-refractivity contribution in [1.29, 1.82) is 0 Å². The van der Waals surface area contributed by atoms with Crippen molar-refractivity contribution < 1.29 is 33.4 Å². The third kappa shape index (κ3) is 4.63. The van der Waals surface area contributed by atoms with Gasteiger partial charge in [-0.05, 0) is 66.8 Å². The second kappa shape index (κ2) is 11.8. The summed E-state index contributed by atoms with van der Waals surface area (Å²) in [6.07, 6.45) is 1.74. The molecule has 2 saturated heterocycles. The van der Waals surface area contributed by atoms with E-state index in [0.29, 0.717) is 17.0 Å². The molecule has 2 heterocycles. The van der Waals surface area contributed by atoms with E-state index in [-0.39, 0.29) is 42.4 Å². The van der Waals surface area contributed by atoms with Crippen LogP contribution < -0.4 is 14.5 Å². The summed E-state index contributed by atoms with van der Waals surface area (Å²) in [5, 5.41) is 11.6. The normalized spacial score (nSPS) is 28.7. The predicted molar refractivity (Wildman–Crippen MR) is 184 cm³/mol. The first-order valence-corrected chi connectivity index (χ1v) is 16.9. The summed E-state index contributed by atoms with van der Waals surface area (Å²) in [6.45, 7) is 0.233. The quantitative estimate of drug-likeness (QED) is 0.133. The van der Waals surface area contributed by atoms with Gasteiger partial charge in [-0.1, -0.05) is 66.2 Å². The van der Waals surface area contributed by atoms with Crippen LogP contribution in [0.15, 0.2) is 115 Å². The summed E-state index contributed by atoms with van der Waals surface area (Å²) in [4.78, 5) is 54.7. The van der Waals surface area contributed by atoms with Gasteiger partial charge < -0.3 is 9.84 Å². The van der Waals surface area contributed by atoms with Gasteiger partial charge in [0.2, 0.25) is 11.8 Å². The maximum absolute atomic E-state index is 14.6. The first kappa shape index (κ1) is 32.2. The summed E-state index contributed by atoms with van der Waals surface area (Å²) in [5.41, 5.74) is 2.14. The van der Waals surface area contributed by atoms with E-state index < -0.39 is 57.0 Å². The van der Waals surface area contributed by atoms with Crippen molar-refractivity contribution in [2.45, 2.75) is 35.1 Å². The number of ether oxygens (including phenoxy) is 1. The number of benzene rings is 4. The fourth-order valence-electron chi connectivity index (χ4n) is 8.17. The van der Waals surface area contributed by atoms with E-state index in [1.807, 2.05) is 30.3 Å². The van der Waals surface area contributed by atoms with E-state index >= 15 is 0 Å². The molecule has 2 aliphatic heterocycles. The van der Waals surface area contributed by atoms with Gasteiger partial charge in [0.05, 0.1) is 23.2 Å². The average Bonchev–Trinajstić information content (AvgIpc) is 3.46. The minimum atomic E-state index is -2.18. The van der Waals surface area contributed by atoms with E-state index in [9.17, 15) is 28.7 Å². The number of halogens is 3. The number of rotatable bonds is 6. The van der Waals surface area contributed by atoms with Gasteiger partial charge in [0.1, 0.15) is 23.9 Å². The summed E-state index contributed by atoms with van der Waals surface area (Å²) >= 11 is 14.8. The number of phenolic OH excluding ortho intramolecular Hbond substituents is 1. The van der Waals surface area contributed by atoms with Crippen LogP contribution in [0.25, 0.3) is 0 Å². The molecule has 8 nitrogen and oxygen atoms in total. The fraction of sp³-hybridized carbons (Fsp3) is 0.231. The molecular formula is C39H29Cl2FN2O6. The van der Waals surface area contributed by atoms with Crippen LogP contribution in [0.2, 0.25) is 0 Å². The van der Waals surface area contributed by atoms with Gasteiger partial charge in [0.25, 0.3) is 11.8 Å². The number of carbonyl (C=O) groups is 4. The molecule has 0 aromatic heterocycles. The Kier molecular flexibility index (Phi) is 7.62. The average molecular weight is 712 g/mol. The monoisotopic (exact) mass is 710 g/mol. The van der Waals surface area contributed by atoms with Crippen LogP contribution in [-0.4, -0.2) is 38.5 Å². The van der Waals surface area contributed by atoms with Crippen LogP contribution in [0, 0.1) is 23.6 Å². The molecule has 11 heteroatoms. The molecule has 6 atom stereocenters. The van der Waals surface area contributed by atoms with E-state index in [1.54, 1.807) is 48.5 Å². The van der Waals surface area contributed by atoms with E-state index in [4.69, 9.17) is 27.9 Å². The number of nitrogens with zero attached hydrogens (tertiary/aromatic N) is 2. The lowest BCUT2D eigenvalue weighted by atomic mass is 9.56. The van der Waals surface area contributed by atoms with E-state index in [1.165, 1.54) is 23.1 Å². The summed E-state index contributed by atoms with van der Waals surface area (Å²) < 4.78 is 19.9. The second-order valence-corrected chi connectivity index (χ2v) is 14.3. The maximum Gasteiger partial charge on any atom is 0.258 e. The Hall–Kier alpha value is -4.99. The second-order valence-electron chi connectivity index (χ2n) is 13.1. The zero-order chi connectivity index (χ0) is 34.9. The number of hydrogen-bond acceptors (Lipinski definition) is 6. The molecule has 4 amide bonds. The van der Waals surface area contributed by atoms with Crippen LogP contribution in [-0.2, 0) is 25.8 Å². The number of alkyl halides is 2. The molecule has 2 aliphatic carbocycles. The third-order valence-electron chi connectivity index (χ3n) is 10.5. The molecule has 4 aliphatic rings. The Morgan fingerprint density at radius 2 is 1.44 bits per heavy atom. The number of para-hydroxylation sites is 1. The van der Waals surface area contributed by atoms with Crippen molar-refractivity contribution in [3.8, 4) is 11.5 Å². The molecule has 1 N–H and O–H groups in total. The van der Waals surface area contributed by atoms with Gasteiger partial charge in [-0.2, -0.15) is 0 Å². The minimum absolute atomic E-state index is 0.0701. The Labute approximate surface area is 296 Å². The first-order valence-electron chi connectivity index (χ1n) is 16.2. The number of allylic oxidation sites excluding steroid dienone is 2. The standard InChI is InChI=1S/C39H29Cl2FN2O6/c40-38-20-30-27(17-18-29-32(30)35(47)43(34(29)46)24-9-5-2-6-10-24)33(28-16-15-26(19-31(28)45)50-21-22-7-3-1-4-8-22)39(38,41)37(49)44(36(38)48)25-13-11-23(42)12-14-25/h1-17,19,29-30,32-33,45H,18,20-21H2/t29-,30+,32-,33+,38+,39-/m0/s1. The Balaban J connectivity index is 1.25. The number of anilines is 2. The highest BCUT2D eigenvalue weighted by atomic mass is 35.5. The number of imide groups is 2. The molecule has 8 rings (SSSR count). The molecule has 0 radical (unpaired) electrons. The minimum Gasteiger partial charge on any atom is -0.508 e. The Morgan fingerprint density at radius 3 is 2.12 bits per heavy atom. The first-order chi connectivity index (χ1) is 24.0. The van der Waals surface area contributed by atoms with Gasteiger partial charge in [-0.25, -0.2) is 9.29 Å². The predicted octanol–water partition coefficient (Wildman–Crippen LogP) is 6.88. The molecule has 4 aromatic carbocycles. The fourth-order valence-corrected chi connectivity index (χ4v) is 9.10. The highest BCUT2D eigenvalue weighted by Crippen LogP contribution is 2.66. The smallest absolute Gasteiger partial charge is 0.258 e. The van der Waals surface area contributed by atoms with Crippen molar-refractivity contribution in [2.24, 2.45) is 17.8 Å². The SMILES string of the molecule is O=C1[C@H]2[C@H](CC=C3[C@H]2C[C@@]2(Cl)C(=O)N(c4ccc(F)cc4)C(=O)[C@@]2(Cl)[C@H]3c2ccc(OCc3ccccc3)cc2O)C(=O)N1c1ccccc1. The number of fused-ring (bicyclic) bond motifs is 4. The zero-order valence-corrected chi connectivity index (χ0v) is 27.9. The Bertz CT molecular complexity index is 2090. The van der Waals surface area contributed by atoms with Gasteiger partial charge in [-0.15, -0.1) is 23.2 Å². The van der Waals surface area contributed by atoms with E-state index in [2.05, 4.69) is 0 Å². The van der Waals surface area contributed by atoms with Gasteiger partial charge >= 0.3 is 0 Å². The zero-order valence-electron chi connectivity index (χ0n) is 26.3. The molecule has 0 spiro atoms. The molecule has 252 valence electrons. The molecular weight excluding hydrogens is 682 g/mol. The molecule has 0 bridgehead atoms. The van der Waals surface area contributed by atoms with Crippen molar-refractivity contribution in [1.82, 2.24) is 0 Å². The lowest BCUT2D eigenvalue weighted by Crippen LogP contribution is -2.60. The number of phenols is 1. The molecule has 50 heavy (non-hydrogen) atoms. The topological polar surface area (TPSA) is 104 Å². The van der Waals surface area contributed by atoms with Crippen molar-refractivity contribution in [2.75, 3.05) is 9.80 Å². The van der Waals surface area contributed by atoms with Crippen LogP contribution in [0.5, 0.6) is 11.5 Å². The van der Waals surface area contributed by atoms with Crippen molar-refractivity contribution in [3.05, 3.63) is 132 Å². The van der Waals surface area contributed by atoms with Crippen molar-refractivity contribution in [3.63, 3.8) is 0 Å². The lowest BCUT2D eigenvalue weighted by Gasteiger charge is -2.50.